The van der Waals surface area contributed by atoms with E-state index in [1.54, 1.807) is 7.11 Å². The number of methoxy groups -OCH3 is 1. The summed E-state index contributed by atoms with van der Waals surface area (Å²) in [5.41, 5.74) is 2.66. The predicted molar refractivity (Wildman–Crippen MR) is 101 cm³/mol. The van der Waals surface area contributed by atoms with Gasteiger partial charge in [-0.05, 0) is 49.9 Å². The molecule has 1 aromatic carbocycles. The summed E-state index contributed by atoms with van der Waals surface area (Å²) in [6, 6.07) is 8.88. The highest BCUT2D eigenvalue weighted by Gasteiger charge is 2.53. The molecule has 5 nitrogen and oxygen atoms in total. The van der Waals surface area contributed by atoms with Gasteiger partial charge in [-0.15, -0.1) is 0 Å². The lowest BCUT2D eigenvalue weighted by molar-refractivity contribution is -0.0477. The van der Waals surface area contributed by atoms with Crippen molar-refractivity contribution in [1.82, 2.24) is 10.2 Å². The molecule has 0 bridgehead atoms. The van der Waals surface area contributed by atoms with Crippen LogP contribution in [0.3, 0.4) is 0 Å². The predicted octanol–water partition coefficient (Wildman–Crippen LogP) is 1.85. The molecule has 144 valence electrons. The van der Waals surface area contributed by atoms with Crippen LogP contribution in [0, 0.1) is 0 Å². The van der Waals surface area contributed by atoms with Gasteiger partial charge in [-0.1, -0.05) is 24.3 Å². The van der Waals surface area contributed by atoms with Gasteiger partial charge in [0.2, 0.25) is 0 Å². The molecule has 4 rings (SSSR count). The van der Waals surface area contributed by atoms with Crippen LogP contribution in [-0.4, -0.2) is 68.7 Å². The highest BCUT2D eigenvalue weighted by atomic mass is 16.5. The van der Waals surface area contributed by atoms with Crippen LogP contribution in [0.1, 0.15) is 42.9 Å². The first-order chi connectivity index (χ1) is 12.8. The first kappa shape index (κ1) is 18.4. The molecule has 2 saturated heterocycles. The van der Waals surface area contributed by atoms with Gasteiger partial charge in [0.15, 0.2) is 0 Å². The second kappa shape index (κ2) is 7.95. The third-order valence-corrected chi connectivity index (χ3v) is 6.69. The number of rotatable bonds is 5. The molecule has 1 aliphatic carbocycles. The molecule has 0 aromatic heterocycles. The molecule has 2 atom stereocenters. The first-order valence-electron chi connectivity index (χ1n) is 10.1. The summed E-state index contributed by atoms with van der Waals surface area (Å²) in [5.74, 6) is 0. The van der Waals surface area contributed by atoms with Gasteiger partial charge >= 0.3 is 0 Å². The fourth-order valence-corrected chi connectivity index (χ4v) is 5.29. The Morgan fingerprint density at radius 3 is 2.62 bits per heavy atom. The topological polar surface area (TPSA) is 54.0 Å². The Hall–Kier alpha value is -0.980. The average molecular weight is 360 g/mol. The van der Waals surface area contributed by atoms with Gasteiger partial charge in [0.05, 0.1) is 31.5 Å². The fourth-order valence-electron chi connectivity index (χ4n) is 5.29. The summed E-state index contributed by atoms with van der Waals surface area (Å²) in [6.07, 6.45) is 4.13. The lowest BCUT2D eigenvalue weighted by Gasteiger charge is -2.42. The van der Waals surface area contributed by atoms with Gasteiger partial charge in [0.25, 0.3) is 0 Å². The molecular formula is C21H32N2O3. The number of benzene rings is 1. The van der Waals surface area contributed by atoms with Crippen molar-refractivity contribution in [2.45, 2.75) is 49.3 Å². The van der Waals surface area contributed by atoms with E-state index >= 15 is 0 Å². The number of nitrogens with zero attached hydrogens (tertiary/aromatic N) is 1. The molecular weight excluding hydrogens is 328 g/mol. The fraction of sp³-hybridized carbons (Fsp3) is 0.714. The lowest BCUT2D eigenvalue weighted by atomic mass is 9.72. The number of aliphatic hydroxyl groups excluding tert-OH is 1. The van der Waals surface area contributed by atoms with Crippen LogP contribution >= 0.6 is 0 Å². The van der Waals surface area contributed by atoms with Gasteiger partial charge in [-0.2, -0.15) is 0 Å². The van der Waals surface area contributed by atoms with Crippen molar-refractivity contribution in [2.75, 3.05) is 46.5 Å². The summed E-state index contributed by atoms with van der Waals surface area (Å²) in [6.45, 7) is 5.29. The Labute approximate surface area is 156 Å². The van der Waals surface area contributed by atoms with Crippen molar-refractivity contribution in [3.8, 4) is 0 Å². The number of nitrogens with one attached hydrogen (secondary N) is 1. The maximum Gasteiger partial charge on any atom is 0.0834 e. The standard InChI is InChI=1S/C21H32N2O3/c1-25-14-15-26-16-6-12-23(13-7-16)19-17-4-2-3-5-18(17)21(20(19)24)8-10-22-11-9-21/h2-5,16,19-20,22,24H,6-15H2,1H3/t19-,20+/m1/s1. The van der Waals surface area contributed by atoms with Gasteiger partial charge in [-0.25, -0.2) is 0 Å². The number of ether oxygens (including phenoxy) is 2. The van der Waals surface area contributed by atoms with E-state index in [1.165, 1.54) is 11.1 Å². The van der Waals surface area contributed by atoms with Crippen molar-refractivity contribution in [2.24, 2.45) is 0 Å². The second-order valence-corrected chi connectivity index (χ2v) is 7.98. The van der Waals surface area contributed by atoms with Crippen LogP contribution in [-0.2, 0) is 14.9 Å². The van der Waals surface area contributed by atoms with Crippen molar-refractivity contribution in [3.63, 3.8) is 0 Å². The third kappa shape index (κ3) is 3.20. The summed E-state index contributed by atoms with van der Waals surface area (Å²) in [7, 11) is 1.71. The molecule has 26 heavy (non-hydrogen) atoms. The van der Waals surface area contributed by atoms with Crippen molar-refractivity contribution >= 4 is 0 Å². The van der Waals surface area contributed by atoms with E-state index in [1.807, 2.05) is 0 Å². The molecule has 5 heteroatoms. The Bertz CT molecular complexity index is 595. The van der Waals surface area contributed by atoms with Crippen LogP contribution in [0.2, 0.25) is 0 Å². The van der Waals surface area contributed by atoms with Crippen molar-refractivity contribution in [1.29, 1.82) is 0 Å². The van der Waals surface area contributed by atoms with E-state index < -0.39 is 0 Å². The van der Waals surface area contributed by atoms with E-state index in [0.717, 1.165) is 51.9 Å². The van der Waals surface area contributed by atoms with Crippen LogP contribution < -0.4 is 5.32 Å². The Morgan fingerprint density at radius 2 is 1.88 bits per heavy atom. The molecule has 2 heterocycles. The third-order valence-electron chi connectivity index (χ3n) is 6.69. The van der Waals surface area contributed by atoms with Crippen molar-refractivity contribution < 1.29 is 14.6 Å². The minimum Gasteiger partial charge on any atom is -0.390 e. The lowest BCUT2D eigenvalue weighted by Crippen LogP contribution is -2.50. The molecule has 2 N–H and O–H groups in total. The molecule has 0 amide bonds. The smallest absolute Gasteiger partial charge is 0.0834 e. The van der Waals surface area contributed by atoms with E-state index in [9.17, 15) is 5.11 Å². The molecule has 2 fully saturated rings. The first-order valence-corrected chi connectivity index (χ1v) is 10.1. The summed E-state index contributed by atoms with van der Waals surface area (Å²) >= 11 is 0. The number of likely N-dealkylation sites (tertiary alicyclic amines) is 1. The molecule has 3 aliphatic rings. The minimum absolute atomic E-state index is 0.0711. The molecule has 2 aliphatic heterocycles. The van der Waals surface area contributed by atoms with E-state index in [4.69, 9.17) is 9.47 Å². The maximum absolute atomic E-state index is 11.5. The summed E-state index contributed by atoms with van der Waals surface area (Å²) in [4.78, 5) is 2.50. The highest BCUT2D eigenvalue weighted by molar-refractivity contribution is 5.45. The number of aliphatic hydroxyl groups is 1. The number of fused-ring (bicyclic) bond motifs is 2. The van der Waals surface area contributed by atoms with E-state index in [2.05, 4.69) is 34.5 Å². The van der Waals surface area contributed by atoms with Gasteiger partial charge in [0, 0.05) is 25.6 Å². The molecule has 1 spiro atoms. The zero-order chi connectivity index (χ0) is 18.0. The quantitative estimate of drug-likeness (QED) is 0.785. The Balaban J connectivity index is 1.49. The summed E-state index contributed by atoms with van der Waals surface area (Å²) < 4.78 is 11.0. The maximum atomic E-state index is 11.5. The normalized spacial score (nSPS) is 29.2. The largest absolute Gasteiger partial charge is 0.390 e. The van der Waals surface area contributed by atoms with E-state index in [0.29, 0.717) is 19.3 Å². The number of piperidine rings is 2. The molecule has 0 radical (unpaired) electrons. The minimum atomic E-state index is -0.312. The van der Waals surface area contributed by atoms with Gasteiger partial charge in [-0.3, -0.25) is 4.90 Å². The number of hydrogen-bond donors (Lipinski definition) is 2. The second-order valence-electron chi connectivity index (χ2n) is 7.98. The molecule has 1 aromatic rings. The zero-order valence-electron chi connectivity index (χ0n) is 15.8. The summed E-state index contributed by atoms with van der Waals surface area (Å²) in [5, 5.41) is 14.9. The molecule has 0 saturated carbocycles. The number of hydrogen-bond acceptors (Lipinski definition) is 5. The highest BCUT2D eigenvalue weighted by Crippen LogP contribution is 2.52. The SMILES string of the molecule is COCCOC1CCN([C@@H]2c3ccccc3C3(CCNCC3)[C@H]2O)CC1. The van der Waals surface area contributed by atoms with E-state index in [-0.39, 0.29) is 17.6 Å². The van der Waals surface area contributed by atoms with Crippen LogP contribution in [0.5, 0.6) is 0 Å². The van der Waals surface area contributed by atoms with Crippen molar-refractivity contribution in [3.05, 3.63) is 35.4 Å². The Kier molecular flexibility index (Phi) is 5.62. The molecule has 0 unspecified atom stereocenters. The zero-order valence-corrected chi connectivity index (χ0v) is 15.8. The average Bonchev–Trinajstić information content (AvgIpc) is 2.92. The van der Waals surface area contributed by atoms with Crippen LogP contribution in [0.4, 0.5) is 0 Å². The van der Waals surface area contributed by atoms with Crippen LogP contribution in [0.25, 0.3) is 0 Å². The van der Waals surface area contributed by atoms with Gasteiger partial charge < -0.3 is 19.9 Å². The monoisotopic (exact) mass is 360 g/mol. The Morgan fingerprint density at radius 1 is 1.15 bits per heavy atom. The van der Waals surface area contributed by atoms with Crippen LogP contribution in [0.15, 0.2) is 24.3 Å². The van der Waals surface area contributed by atoms with Gasteiger partial charge in [0.1, 0.15) is 0 Å².